The van der Waals surface area contributed by atoms with E-state index < -0.39 is 0 Å². The van der Waals surface area contributed by atoms with Gasteiger partial charge in [0.15, 0.2) is 0 Å². The molecule has 0 radical (unpaired) electrons. The standard InChI is InChI=1S/C14H18INO2/c1-14(2)6-5-10(8-14)16-13(18)11-7-9(15)3-4-12(11)17/h3-4,7,10,17H,5-6,8H2,1-2H3,(H,16,18). The summed E-state index contributed by atoms with van der Waals surface area (Å²) in [6.45, 7) is 4.45. The van der Waals surface area contributed by atoms with Gasteiger partial charge >= 0.3 is 0 Å². The molecule has 0 saturated heterocycles. The van der Waals surface area contributed by atoms with E-state index in [2.05, 4.69) is 41.8 Å². The minimum Gasteiger partial charge on any atom is -0.507 e. The van der Waals surface area contributed by atoms with Crippen LogP contribution in [0, 0.1) is 8.99 Å². The first-order valence-electron chi connectivity index (χ1n) is 6.17. The van der Waals surface area contributed by atoms with Crippen molar-refractivity contribution in [3.8, 4) is 5.75 Å². The van der Waals surface area contributed by atoms with Crippen molar-refractivity contribution in [2.75, 3.05) is 0 Å². The molecule has 1 fully saturated rings. The van der Waals surface area contributed by atoms with Crippen molar-refractivity contribution in [3.63, 3.8) is 0 Å². The summed E-state index contributed by atoms with van der Waals surface area (Å²) in [4.78, 5) is 12.1. The fraction of sp³-hybridized carbons (Fsp3) is 0.500. The number of phenols is 1. The van der Waals surface area contributed by atoms with Crippen LogP contribution in [0.15, 0.2) is 18.2 Å². The molecule has 2 rings (SSSR count). The van der Waals surface area contributed by atoms with Crippen molar-refractivity contribution >= 4 is 28.5 Å². The summed E-state index contributed by atoms with van der Waals surface area (Å²) in [7, 11) is 0. The van der Waals surface area contributed by atoms with Crippen LogP contribution in [0.25, 0.3) is 0 Å². The van der Waals surface area contributed by atoms with Gasteiger partial charge in [-0.15, -0.1) is 0 Å². The minimum atomic E-state index is -0.172. The number of carbonyl (C=O) groups is 1. The van der Waals surface area contributed by atoms with Gasteiger partial charge in [0.1, 0.15) is 5.75 Å². The number of halogens is 1. The lowest BCUT2D eigenvalue weighted by Crippen LogP contribution is -2.33. The topological polar surface area (TPSA) is 49.3 Å². The molecule has 1 aliphatic rings. The Morgan fingerprint density at radius 3 is 2.83 bits per heavy atom. The lowest BCUT2D eigenvalue weighted by atomic mass is 9.92. The molecule has 1 aliphatic carbocycles. The molecular weight excluding hydrogens is 341 g/mol. The second kappa shape index (κ2) is 5.07. The molecule has 0 spiro atoms. The number of hydrogen-bond acceptors (Lipinski definition) is 2. The van der Waals surface area contributed by atoms with Gasteiger partial charge in [-0.3, -0.25) is 4.79 Å². The maximum Gasteiger partial charge on any atom is 0.255 e. The van der Waals surface area contributed by atoms with Gasteiger partial charge in [0, 0.05) is 9.61 Å². The molecule has 1 amide bonds. The second-order valence-corrected chi connectivity index (χ2v) is 6.98. The molecule has 1 saturated carbocycles. The number of amides is 1. The Morgan fingerprint density at radius 2 is 2.22 bits per heavy atom. The van der Waals surface area contributed by atoms with Crippen LogP contribution in [-0.2, 0) is 0 Å². The van der Waals surface area contributed by atoms with Crippen molar-refractivity contribution < 1.29 is 9.90 Å². The highest BCUT2D eigenvalue weighted by atomic mass is 127. The maximum atomic E-state index is 12.1. The molecule has 0 aromatic heterocycles. The molecule has 1 aromatic carbocycles. The van der Waals surface area contributed by atoms with Crippen LogP contribution in [0.1, 0.15) is 43.5 Å². The van der Waals surface area contributed by atoms with Gasteiger partial charge in [0.2, 0.25) is 0 Å². The number of aromatic hydroxyl groups is 1. The number of rotatable bonds is 2. The third-order valence-corrected chi connectivity index (χ3v) is 4.18. The van der Waals surface area contributed by atoms with Gasteiger partial charge in [0.25, 0.3) is 5.91 Å². The first-order chi connectivity index (χ1) is 8.37. The van der Waals surface area contributed by atoms with E-state index in [0.29, 0.717) is 11.0 Å². The predicted molar refractivity (Wildman–Crippen MR) is 79.7 cm³/mol. The van der Waals surface area contributed by atoms with Gasteiger partial charge in [0.05, 0.1) is 5.56 Å². The van der Waals surface area contributed by atoms with E-state index in [4.69, 9.17) is 0 Å². The Labute approximate surface area is 121 Å². The van der Waals surface area contributed by atoms with Crippen LogP contribution in [0.3, 0.4) is 0 Å². The smallest absolute Gasteiger partial charge is 0.255 e. The van der Waals surface area contributed by atoms with Gasteiger partial charge in [-0.05, 0) is 65.5 Å². The summed E-state index contributed by atoms with van der Waals surface area (Å²) in [5, 5.41) is 12.7. The molecule has 0 heterocycles. The molecule has 18 heavy (non-hydrogen) atoms. The van der Waals surface area contributed by atoms with Gasteiger partial charge in [-0.1, -0.05) is 13.8 Å². The number of phenolic OH excluding ortho intramolecular Hbond substituents is 1. The van der Waals surface area contributed by atoms with Crippen LogP contribution in [0.2, 0.25) is 0 Å². The molecular formula is C14H18INO2. The highest BCUT2D eigenvalue weighted by Gasteiger charge is 2.32. The zero-order chi connectivity index (χ0) is 13.3. The Balaban J connectivity index is 2.06. The SMILES string of the molecule is CC1(C)CCC(NC(=O)c2cc(I)ccc2O)C1. The summed E-state index contributed by atoms with van der Waals surface area (Å²) in [5.74, 6) is -0.126. The quantitative estimate of drug-likeness (QED) is 0.796. The minimum absolute atomic E-state index is 0.0465. The Morgan fingerprint density at radius 1 is 1.50 bits per heavy atom. The average molecular weight is 359 g/mol. The fourth-order valence-electron chi connectivity index (χ4n) is 2.51. The molecule has 2 N–H and O–H groups in total. The van der Waals surface area contributed by atoms with Gasteiger partial charge in [-0.25, -0.2) is 0 Å². The first kappa shape index (κ1) is 13.6. The normalized spacial score (nSPS) is 21.8. The molecule has 4 heteroatoms. The molecule has 3 nitrogen and oxygen atoms in total. The lowest BCUT2D eigenvalue weighted by Gasteiger charge is -2.18. The molecule has 1 atom stereocenters. The molecule has 1 unspecified atom stereocenters. The summed E-state index contributed by atoms with van der Waals surface area (Å²) in [6.07, 6.45) is 3.16. The van der Waals surface area contributed by atoms with E-state index in [0.717, 1.165) is 22.8 Å². The van der Waals surface area contributed by atoms with Crippen molar-refractivity contribution in [1.82, 2.24) is 5.32 Å². The van der Waals surface area contributed by atoms with E-state index in [-0.39, 0.29) is 17.7 Å². The molecule has 0 bridgehead atoms. The zero-order valence-corrected chi connectivity index (χ0v) is 12.8. The highest BCUT2D eigenvalue weighted by molar-refractivity contribution is 14.1. The Bertz CT molecular complexity index is 471. The second-order valence-electron chi connectivity index (χ2n) is 5.74. The van der Waals surface area contributed by atoms with Crippen molar-refractivity contribution in [2.24, 2.45) is 5.41 Å². The molecule has 98 valence electrons. The number of benzene rings is 1. The van der Waals surface area contributed by atoms with Crippen molar-refractivity contribution in [3.05, 3.63) is 27.3 Å². The third kappa shape index (κ3) is 3.16. The van der Waals surface area contributed by atoms with Crippen LogP contribution in [0.4, 0.5) is 0 Å². The van der Waals surface area contributed by atoms with E-state index in [9.17, 15) is 9.90 Å². The van der Waals surface area contributed by atoms with E-state index >= 15 is 0 Å². The van der Waals surface area contributed by atoms with E-state index in [1.54, 1.807) is 18.2 Å². The van der Waals surface area contributed by atoms with Crippen LogP contribution >= 0.6 is 22.6 Å². The van der Waals surface area contributed by atoms with Crippen molar-refractivity contribution in [2.45, 2.75) is 39.2 Å². The summed E-state index contributed by atoms with van der Waals surface area (Å²) in [6, 6.07) is 5.29. The number of carbonyl (C=O) groups excluding carboxylic acids is 1. The van der Waals surface area contributed by atoms with E-state index in [1.165, 1.54) is 0 Å². The van der Waals surface area contributed by atoms with Gasteiger partial charge < -0.3 is 10.4 Å². The maximum absolute atomic E-state index is 12.1. The summed E-state index contributed by atoms with van der Waals surface area (Å²) in [5.41, 5.74) is 0.678. The Kier molecular flexibility index (Phi) is 3.84. The largest absolute Gasteiger partial charge is 0.507 e. The fourth-order valence-corrected chi connectivity index (χ4v) is 3.00. The monoisotopic (exact) mass is 359 g/mol. The predicted octanol–water partition coefficient (Wildman–Crippen LogP) is 3.31. The average Bonchev–Trinajstić information content (AvgIpc) is 2.61. The van der Waals surface area contributed by atoms with Crippen LogP contribution in [-0.4, -0.2) is 17.1 Å². The number of nitrogens with one attached hydrogen (secondary N) is 1. The van der Waals surface area contributed by atoms with Crippen LogP contribution < -0.4 is 5.32 Å². The molecule has 0 aliphatic heterocycles. The van der Waals surface area contributed by atoms with E-state index in [1.807, 2.05) is 0 Å². The zero-order valence-electron chi connectivity index (χ0n) is 10.7. The van der Waals surface area contributed by atoms with Gasteiger partial charge in [-0.2, -0.15) is 0 Å². The van der Waals surface area contributed by atoms with Crippen molar-refractivity contribution in [1.29, 1.82) is 0 Å². The number of hydrogen-bond donors (Lipinski definition) is 2. The highest BCUT2D eigenvalue weighted by Crippen LogP contribution is 2.37. The molecule has 1 aromatic rings. The Hall–Kier alpha value is -0.780. The lowest BCUT2D eigenvalue weighted by molar-refractivity contribution is 0.0933. The third-order valence-electron chi connectivity index (χ3n) is 3.51. The van der Waals surface area contributed by atoms with Crippen LogP contribution in [0.5, 0.6) is 5.75 Å². The first-order valence-corrected chi connectivity index (χ1v) is 7.25. The summed E-state index contributed by atoms with van der Waals surface area (Å²) >= 11 is 2.13. The summed E-state index contributed by atoms with van der Waals surface area (Å²) < 4.78 is 0.947.